The molecule has 1 saturated heterocycles. The minimum absolute atomic E-state index is 0.107. The van der Waals surface area contributed by atoms with Crippen LogP contribution in [0.5, 0.6) is 0 Å². The second-order valence-electron chi connectivity index (χ2n) is 7.38. The van der Waals surface area contributed by atoms with E-state index in [0.717, 1.165) is 11.6 Å². The van der Waals surface area contributed by atoms with Crippen molar-refractivity contribution in [1.82, 2.24) is 5.32 Å². The molecule has 1 fully saturated rings. The highest BCUT2D eigenvalue weighted by atomic mass is 19.4. The van der Waals surface area contributed by atoms with Crippen LogP contribution >= 0.6 is 0 Å². The van der Waals surface area contributed by atoms with Crippen molar-refractivity contribution in [3.05, 3.63) is 65.2 Å². The quantitative estimate of drug-likeness (QED) is 0.796. The first-order valence-corrected chi connectivity index (χ1v) is 9.24. The van der Waals surface area contributed by atoms with Crippen molar-refractivity contribution in [3.63, 3.8) is 0 Å². The first kappa shape index (κ1) is 18.8. The predicted octanol–water partition coefficient (Wildman–Crippen LogP) is 4.45. The fraction of sp³-hybridized carbons (Fsp3) is 0.381. The molecule has 148 valence electrons. The number of rotatable bonds is 2. The van der Waals surface area contributed by atoms with Crippen LogP contribution in [-0.4, -0.2) is 18.6 Å². The fourth-order valence-electron chi connectivity index (χ4n) is 4.25. The van der Waals surface area contributed by atoms with Gasteiger partial charge >= 0.3 is 6.18 Å². The van der Waals surface area contributed by atoms with Crippen molar-refractivity contribution < 1.29 is 22.7 Å². The van der Waals surface area contributed by atoms with E-state index in [1.807, 2.05) is 30.3 Å². The van der Waals surface area contributed by atoms with E-state index < -0.39 is 17.8 Å². The van der Waals surface area contributed by atoms with Gasteiger partial charge in [0.15, 0.2) is 0 Å². The van der Waals surface area contributed by atoms with Gasteiger partial charge in [0.05, 0.1) is 30.4 Å². The summed E-state index contributed by atoms with van der Waals surface area (Å²) in [5.74, 6) is -0.254. The molecule has 4 atom stereocenters. The van der Waals surface area contributed by atoms with Gasteiger partial charge in [-0.3, -0.25) is 4.79 Å². The molecular weight excluding hydrogens is 369 g/mol. The molecule has 3 unspecified atom stereocenters. The summed E-state index contributed by atoms with van der Waals surface area (Å²) in [5.41, 5.74) is 1.53. The molecule has 2 aliphatic heterocycles. The molecule has 2 aromatic rings. The Morgan fingerprint density at radius 1 is 1.18 bits per heavy atom. The van der Waals surface area contributed by atoms with Gasteiger partial charge in [-0.2, -0.15) is 13.2 Å². The van der Waals surface area contributed by atoms with Gasteiger partial charge in [0.1, 0.15) is 0 Å². The molecule has 0 bridgehead atoms. The average Bonchev–Trinajstić information content (AvgIpc) is 2.66. The first-order valence-electron chi connectivity index (χ1n) is 9.24. The molecule has 28 heavy (non-hydrogen) atoms. The molecule has 1 amide bonds. The van der Waals surface area contributed by atoms with Crippen LogP contribution in [0, 0.1) is 5.92 Å². The van der Waals surface area contributed by atoms with Crippen LogP contribution in [0.25, 0.3) is 0 Å². The molecule has 4 nitrogen and oxygen atoms in total. The number of benzene rings is 2. The van der Waals surface area contributed by atoms with E-state index in [1.54, 1.807) is 0 Å². The second-order valence-corrected chi connectivity index (χ2v) is 7.38. The Morgan fingerprint density at radius 2 is 1.93 bits per heavy atom. The lowest BCUT2D eigenvalue weighted by atomic mass is 9.76. The number of fused-ring (bicyclic) bond motifs is 3. The molecule has 0 spiro atoms. The summed E-state index contributed by atoms with van der Waals surface area (Å²) in [7, 11) is 0. The zero-order chi connectivity index (χ0) is 19.9. The van der Waals surface area contributed by atoms with Crippen LogP contribution in [0.2, 0.25) is 0 Å². The van der Waals surface area contributed by atoms with Crippen molar-refractivity contribution in [1.29, 1.82) is 0 Å². The van der Waals surface area contributed by atoms with Gasteiger partial charge < -0.3 is 15.4 Å². The van der Waals surface area contributed by atoms with Crippen molar-refractivity contribution in [2.45, 2.75) is 37.7 Å². The van der Waals surface area contributed by atoms with Crippen LogP contribution in [0.15, 0.2) is 48.5 Å². The first-order chi connectivity index (χ1) is 13.3. The van der Waals surface area contributed by atoms with Gasteiger partial charge in [-0.25, -0.2) is 0 Å². The summed E-state index contributed by atoms with van der Waals surface area (Å²) < 4.78 is 45.7. The smallest absolute Gasteiger partial charge is 0.378 e. The summed E-state index contributed by atoms with van der Waals surface area (Å²) in [4.78, 5) is 11.5. The summed E-state index contributed by atoms with van der Waals surface area (Å²) in [6, 6.07) is 13.2. The zero-order valence-electron chi connectivity index (χ0n) is 15.3. The lowest BCUT2D eigenvalue weighted by Crippen LogP contribution is -2.47. The summed E-state index contributed by atoms with van der Waals surface area (Å²) in [5, 5.41) is 6.28. The molecule has 4 rings (SSSR count). The van der Waals surface area contributed by atoms with Gasteiger partial charge in [0, 0.05) is 24.1 Å². The second kappa shape index (κ2) is 7.13. The standard InChI is InChI=1S/C21H21F3N2O2/c1-12(27)25-15-10-17-19(13-5-3-2-4-6-13)26-18-8-7-14(21(22,23)24)9-16(18)20(17)28-11-15/h2-9,15,17,19-20,26H,10-11H2,1H3,(H,25,27)/t15-,17?,19?,20?/m1/s1. The van der Waals surface area contributed by atoms with Gasteiger partial charge in [0.25, 0.3) is 0 Å². The molecular formula is C21H21F3N2O2. The maximum atomic E-state index is 13.2. The molecule has 0 aliphatic carbocycles. The van der Waals surface area contributed by atoms with Crippen LogP contribution < -0.4 is 10.6 Å². The number of carbonyl (C=O) groups excluding carboxylic acids is 1. The van der Waals surface area contributed by atoms with Gasteiger partial charge in [-0.15, -0.1) is 0 Å². The predicted molar refractivity (Wildman–Crippen MR) is 98.7 cm³/mol. The highest BCUT2D eigenvalue weighted by Gasteiger charge is 2.43. The minimum Gasteiger partial charge on any atom is -0.378 e. The van der Waals surface area contributed by atoms with Gasteiger partial charge in [-0.05, 0) is 30.2 Å². The Kier molecular flexibility index (Phi) is 4.79. The average molecular weight is 390 g/mol. The van der Waals surface area contributed by atoms with E-state index in [9.17, 15) is 18.0 Å². The SMILES string of the molecule is CC(=O)N[C@H]1COC2c3cc(C(F)(F)F)ccc3NC(c3ccccc3)C2C1. The lowest BCUT2D eigenvalue weighted by molar-refractivity contribution is -0.138. The highest BCUT2D eigenvalue weighted by Crippen LogP contribution is 2.50. The highest BCUT2D eigenvalue weighted by molar-refractivity contribution is 5.73. The number of nitrogens with one attached hydrogen (secondary N) is 2. The number of hydrogen-bond acceptors (Lipinski definition) is 3. The molecule has 0 saturated carbocycles. The molecule has 2 heterocycles. The van der Waals surface area contributed by atoms with E-state index in [4.69, 9.17) is 4.74 Å². The summed E-state index contributed by atoms with van der Waals surface area (Å²) >= 11 is 0. The molecule has 2 aliphatic rings. The van der Waals surface area contributed by atoms with Crippen molar-refractivity contribution >= 4 is 11.6 Å². The van der Waals surface area contributed by atoms with Crippen molar-refractivity contribution in [2.75, 3.05) is 11.9 Å². The summed E-state index contributed by atoms with van der Waals surface area (Å²) in [6.07, 6.45) is -4.26. The summed E-state index contributed by atoms with van der Waals surface area (Å²) in [6.45, 7) is 1.72. The number of hydrogen-bond donors (Lipinski definition) is 2. The third-order valence-corrected chi connectivity index (χ3v) is 5.41. The largest absolute Gasteiger partial charge is 0.416 e. The zero-order valence-corrected chi connectivity index (χ0v) is 15.3. The van der Waals surface area contributed by atoms with Crippen molar-refractivity contribution in [2.24, 2.45) is 5.92 Å². The topological polar surface area (TPSA) is 50.4 Å². The minimum atomic E-state index is -4.41. The molecule has 2 N–H and O–H groups in total. The molecule has 2 aromatic carbocycles. The normalized spacial score (nSPS) is 26.6. The van der Waals surface area contributed by atoms with E-state index >= 15 is 0 Å². The fourth-order valence-corrected chi connectivity index (χ4v) is 4.25. The maximum Gasteiger partial charge on any atom is 0.416 e. The van der Waals surface area contributed by atoms with Crippen LogP contribution in [0.4, 0.5) is 18.9 Å². The van der Waals surface area contributed by atoms with Crippen LogP contribution in [-0.2, 0) is 15.7 Å². The Balaban J connectivity index is 1.73. The monoisotopic (exact) mass is 390 g/mol. The van der Waals surface area contributed by atoms with Gasteiger partial charge in [-0.1, -0.05) is 30.3 Å². The third kappa shape index (κ3) is 3.58. The number of ether oxygens (including phenoxy) is 1. The molecule has 0 aromatic heterocycles. The Hall–Kier alpha value is -2.54. The van der Waals surface area contributed by atoms with E-state index in [1.165, 1.54) is 19.1 Å². The maximum absolute atomic E-state index is 13.2. The van der Waals surface area contributed by atoms with Crippen LogP contribution in [0.3, 0.4) is 0 Å². The van der Waals surface area contributed by atoms with E-state index in [-0.39, 0.29) is 30.5 Å². The number of carbonyl (C=O) groups is 1. The molecule has 0 radical (unpaired) electrons. The number of halogens is 3. The number of amides is 1. The Labute approximate surface area is 161 Å². The Bertz CT molecular complexity index is 870. The lowest BCUT2D eigenvalue weighted by Gasteiger charge is -2.45. The third-order valence-electron chi connectivity index (χ3n) is 5.41. The van der Waals surface area contributed by atoms with Gasteiger partial charge in [0.2, 0.25) is 5.91 Å². The van der Waals surface area contributed by atoms with Crippen LogP contribution in [0.1, 0.15) is 42.2 Å². The van der Waals surface area contributed by atoms with E-state index in [0.29, 0.717) is 17.7 Å². The number of alkyl halides is 3. The Morgan fingerprint density at radius 3 is 2.61 bits per heavy atom. The molecule has 7 heteroatoms. The van der Waals surface area contributed by atoms with Crippen molar-refractivity contribution in [3.8, 4) is 0 Å². The number of anilines is 1. The van der Waals surface area contributed by atoms with E-state index in [2.05, 4.69) is 10.6 Å².